The maximum absolute atomic E-state index is 12.4. The highest BCUT2D eigenvalue weighted by Gasteiger charge is 2.14. The van der Waals surface area contributed by atoms with Gasteiger partial charge in [-0.2, -0.15) is 0 Å². The SMILES string of the molecule is O=C(CSCc1cccc(Br)c1)Nc1ccc(S(=O)(=O)Nc2ccccc2)cc1. The molecule has 0 radical (unpaired) electrons. The van der Waals surface area contributed by atoms with Crippen LogP contribution in [0.25, 0.3) is 0 Å². The topological polar surface area (TPSA) is 75.3 Å². The molecule has 0 fully saturated rings. The second-order valence-electron chi connectivity index (χ2n) is 6.17. The first-order valence-electron chi connectivity index (χ1n) is 8.72. The van der Waals surface area contributed by atoms with E-state index in [4.69, 9.17) is 0 Å². The van der Waals surface area contributed by atoms with Crippen molar-refractivity contribution in [3.05, 3.63) is 88.9 Å². The molecule has 1 amide bonds. The maximum Gasteiger partial charge on any atom is 0.261 e. The molecule has 3 aromatic rings. The number of anilines is 2. The third-order valence-corrected chi connectivity index (χ3v) is 6.76. The number of halogens is 1. The van der Waals surface area contributed by atoms with E-state index >= 15 is 0 Å². The fourth-order valence-corrected chi connectivity index (χ4v) is 4.80. The van der Waals surface area contributed by atoms with Gasteiger partial charge in [-0.15, -0.1) is 11.8 Å². The first kappa shape index (κ1) is 21.4. The van der Waals surface area contributed by atoms with Crippen molar-refractivity contribution in [3.63, 3.8) is 0 Å². The largest absolute Gasteiger partial charge is 0.325 e. The lowest BCUT2D eigenvalue weighted by atomic mass is 10.2. The van der Waals surface area contributed by atoms with Gasteiger partial charge in [-0.25, -0.2) is 8.42 Å². The lowest BCUT2D eigenvalue weighted by Gasteiger charge is -2.09. The molecule has 29 heavy (non-hydrogen) atoms. The number of sulfonamides is 1. The molecular formula is C21H19BrN2O3S2. The van der Waals surface area contributed by atoms with Gasteiger partial charge in [-0.05, 0) is 54.1 Å². The zero-order chi connectivity index (χ0) is 20.7. The van der Waals surface area contributed by atoms with Crippen LogP contribution < -0.4 is 10.0 Å². The van der Waals surface area contributed by atoms with Crippen molar-refractivity contribution in [1.29, 1.82) is 0 Å². The van der Waals surface area contributed by atoms with E-state index in [0.717, 1.165) is 15.8 Å². The molecule has 8 heteroatoms. The van der Waals surface area contributed by atoms with Gasteiger partial charge in [0, 0.05) is 21.6 Å². The van der Waals surface area contributed by atoms with E-state index in [9.17, 15) is 13.2 Å². The molecule has 0 bridgehead atoms. The fraction of sp³-hybridized carbons (Fsp3) is 0.0952. The molecule has 0 aliphatic carbocycles. The Morgan fingerprint density at radius 1 is 0.897 bits per heavy atom. The smallest absolute Gasteiger partial charge is 0.261 e. The Hall–Kier alpha value is -2.29. The van der Waals surface area contributed by atoms with Crippen LogP contribution >= 0.6 is 27.7 Å². The highest BCUT2D eigenvalue weighted by Crippen LogP contribution is 2.19. The first-order valence-corrected chi connectivity index (χ1v) is 12.2. The average molecular weight is 491 g/mol. The number of rotatable bonds is 8. The van der Waals surface area contributed by atoms with Crippen LogP contribution in [-0.2, 0) is 20.6 Å². The summed E-state index contributed by atoms with van der Waals surface area (Å²) >= 11 is 4.94. The molecule has 0 unspecified atom stereocenters. The Kier molecular flexibility index (Phi) is 7.35. The zero-order valence-electron chi connectivity index (χ0n) is 15.3. The van der Waals surface area contributed by atoms with Crippen LogP contribution in [-0.4, -0.2) is 20.1 Å². The molecule has 0 saturated carbocycles. The zero-order valence-corrected chi connectivity index (χ0v) is 18.6. The number of hydrogen-bond acceptors (Lipinski definition) is 4. The summed E-state index contributed by atoms with van der Waals surface area (Å²) in [5.41, 5.74) is 2.18. The minimum absolute atomic E-state index is 0.128. The van der Waals surface area contributed by atoms with Crippen LogP contribution in [0.1, 0.15) is 5.56 Å². The summed E-state index contributed by atoms with van der Waals surface area (Å²) in [5.74, 6) is 0.903. The van der Waals surface area contributed by atoms with E-state index < -0.39 is 10.0 Å². The van der Waals surface area contributed by atoms with Gasteiger partial charge in [0.05, 0.1) is 10.6 Å². The van der Waals surface area contributed by atoms with Crippen molar-refractivity contribution in [2.45, 2.75) is 10.6 Å². The van der Waals surface area contributed by atoms with E-state index in [1.54, 1.807) is 36.4 Å². The summed E-state index contributed by atoms with van der Waals surface area (Å²) in [4.78, 5) is 12.2. The summed E-state index contributed by atoms with van der Waals surface area (Å²) in [6.07, 6.45) is 0. The van der Waals surface area contributed by atoms with Crippen LogP contribution in [0.2, 0.25) is 0 Å². The highest BCUT2D eigenvalue weighted by atomic mass is 79.9. The molecule has 150 valence electrons. The van der Waals surface area contributed by atoms with Gasteiger partial charge in [0.25, 0.3) is 10.0 Å². The minimum atomic E-state index is -3.68. The number of thioether (sulfide) groups is 1. The normalized spacial score (nSPS) is 11.1. The predicted molar refractivity (Wildman–Crippen MR) is 123 cm³/mol. The summed E-state index contributed by atoms with van der Waals surface area (Å²) in [7, 11) is -3.68. The first-order chi connectivity index (χ1) is 13.9. The van der Waals surface area contributed by atoms with Crippen molar-refractivity contribution >= 4 is 55.0 Å². The van der Waals surface area contributed by atoms with Crippen LogP contribution in [0, 0.1) is 0 Å². The van der Waals surface area contributed by atoms with Crippen LogP contribution in [0.3, 0.4) is 0 Å². The molecule has 2 N–H and O–H groups in total. The molecule has 0 heterocycles. The van der Waals surface area contributed by atoms with E-state index in [2.05, 4.69) is 26.0 Å². The van der Waals surface area contributed by atoms with Gasteiger partial charge < -0.3 is 5.32 Å². The van der Waals surface area contributed by atoms with Gasteiger partial charge in [-0.3, -0.25) is 9.52 Å². The van der Waals surface area contributed by atoms with Gasteiger partial charge in [0.2, 0.25) is 5.91 Å². The molecule has 0 atom stereocenters. The van der Waals surface area contributed by atoms with E-state index in [1.807, 2.05) is 30.3 Å². The average Bonchev–Trinajstić information content (AvgIpc) is 2.69. The standard InChI is InChI=1S/C21H19BrN2O3S2/c22-17-6-4-5-16(13-17)14-28-15-21(25)23-18-9-11-20(12-10-18)29(26,27)24-19-7-2-1-3-8-19/h1-13,24H,14-15H2,(H,23,25). The van der Waals surface area contributed by atoms with Crippen molar-refractivity contribution in [3.8, 4) is 0 Å². The van der Waals surface area contributed by atoms with Gasteiger partial charge in [0.1, 0.15) is 0 Å². The van der Waals surface area contributed by atoms with E-state index in [-0.39, 0.29) is 10.8 Å². The van der Waals surface area contributed by atoms with Crippen LogP contribution in [0.4, 0.5) is 11.4 Å². The molecule has 0 aromatic heterocycles. The molecule has 0 aliphatic heterocycles. The lowest BCUT2D eigenvalue weighted by Crippen LogP contribution is -2.15. The number of nitrogens with one attached hydrogen (secondary N) is 2. The number of carbonyl (C=O) groups is 1. The minimum Gasteiger partial charge on any atom is -0.325 e. The van der Waals surface area contributed by atoms with Crippen molar-refractivity contribution < 1.29 is 13.2 Å². The number of benzene rings is 3. The monoisotopic (exact) mass is 490 g/mol. The molecular weight excluding hydrogens is 472 g/mol. The van der Waals surface area contributed by atoms with E-state index in [1.165, 1.54) is 23.9 Å². The van der Waals surface area contributed by atoms with Crippen molar-refractivity contribution in [1.82, 2.24) is 0 Å². The Balaban J connectivity index is 1.52. The number of amides is 1. The number of hydrogen-bond donors (Lipinski definition) is 2. The number of carbonyl (C=O) groups excluding carboxylic acids is 1. The van der Waals surface area contributed by atoms with Gasteiger partial charge in [0.15, 0.2) is 0 Å². The predicted octanol–water partition coefficient (Wildman–Crippen LogP) is 5.12. The van der Waals surface area contributed by atoms with Gasteiger partial charge >= 0.3 is 0 Å². The molecule has 3 rings (SSSR count). The molecule has 0 aliphatic rings. The maximum atomic E-state index is 12.4. The molecule has 0 spiro atoms. The van der Waals surface area contributed by atoms with Gasteiger partial charge in [-0.1, -0.05) is 46.3 Å². The van der Waals surface area contributed by atoms with Crippen LogP contribution in [0.5, 0.6) is 0 Å². The Morgan fingerprint density at radius 2 is 1.62 bits per heavy atom. The Bertz CT molecular complexity index is 1070. The number of para-hydroxylation sites is 1. The second kappa shape index (κ2) is 9.96. The summed E-state index contributed by atoms with van der Waals surface area (Å²) in [5, 5.41) is 2.78. The summed E-state index contributed by atoms with van der Waals surface area (Å²) in [6, 6.07) is 22.7. The Morgan fingerprint density at radius 3 is 2.31 bits per heavy atom. The third kappa shape index (κ3) is 6.62. The van der Waals surface area contributed by atoms with Crippen LogP contribution in [0.15, 0.2) is 88.2 Å². The molecule has 5 nitrogen and oxygen atoms in total. The van der Waals surface area contributed by atoms with Crippen molar-refractivity contribution in [2.75, 3.05) is 15.8 Å². The Labute approximate surface area is 183 Å². The molecule has 0 saturated heterocycles. The quantitative estimate of drug-likeness (QED) is 0.459. The third-order valence-electron chi connectivity index (χ3n) is 3.87. The second-order valence-corrected chi connectivity index (χ2v) is 9.75. The summed E-state index contributed by atoms with van der Waals surface area (Å²) < 4.78 is 28.4. The van der Waals surface area contributed by atoms with Crippen molar-refractivity contribution in [2.24, 2.45) is 0 Å². The fourth-order valence-electron chi connectivity index (χ4n) is 2.52. The highest BCUT2D eigenvalue weighted by molar-refractivity contribution is 9.10. The lowest BCUT2D eigenvalue weighted by molar-refractivity contribution is -0.113. The molecule has 3 aromatic carbocycles. The summed E-state index contributed by atoms with van der Waals surface area (Å²) in [6.45, 7) is 0. The van der Waals surface area contributed by atoms with E-state index in [0.29, 0.717) is 17.1 Å².